The highest BCUT2D eigenvalue weighted by Gasteiger charge is 2.28. The maximum Gasteiger partial charge on any atom is 0.323 e. The van der Waals surface area contributed by atoms with Crippen molar-refractivity contribution in [3.63, 3.8) is 0 Å². The Labute approximate surface area is 205 Å². The van der Waals surface area contributed by atoms with Gasteiger partial charge in [-0.3, -0.25) is 14.5 Å². The first-order valence-electron chi connectivity index (χ1n) is 11.5. The number of hydrogen-bond acceptors (Lipinski definition) is 5. The highest BCUT2D eigenvalue weighted by Crippen LogP contribution is 2.31. The summed E-state index contributed by atoms with van der Waals surface area (Å²) >= 11 is 0. The van der Waals surface area contributed by atoms with Gasteiger partial charge in [0.25, 0.3) is 0 Å². The van der Waals surface area contributed by atoms with Gasteiger partial charge in [-0.2, -0.15) is 0 Å². The predicted octanol–water partition coefficient (Wildman–Crippen LogP) is 4.75. The third-order valence-electron chi connectivity index (χ3n) is 5.44. The van der Waals surface area contributed by atoms with Crippen molar-refractivity contribution in [2.24, 2.45) is 0 Å². The van der Waals surface area contributed by atoms with Crippen molar-refractivity contribution in [2.45, 2.75) is 41.0 Å². The van der Waals surface area contributed by atoms with E-state index in [-0.39, 0.29) is 29.4 Å². The monoisotopic (exact) mass is 478 g/mol. The van der Waals surface area contributed by atoms with Crippen LogP contribution in [0.25, 0.3) is 0 Å². The molecule has 0 heterocycles. The molecule has 1 atom stereocenters. The van der Waals surface area contributed by atoms with Gasteiger partial charge in [0, 0.05) is 6.42 Å². The van der Waals surface area contributed by atoms with Crippen molar-refractivity contribution in [3.8, 4) is 0 Å². The molecule has 6 heteroatoms. The predicted molar refractivity (Wildman–Crippen MR) is 135 cm³/mol. The molecule has 5 nitrogen and oxygen atoms in total. The maximum atomic E-state index is 12.4. The van der Waals surface area contributed by atoms with Gasteiger partial charge in [-0.15, -0.1) is 0 Å². The van der Waals surface area contributed by atoms with E-state index in [1.54, 1.807) is 25.8 Å². The lowest BCUT2D eigenvalue weighted by Gasteiger charge is -2.22. The molecule has 3 aromatic carbocycles. The molecule has 178 valence electrons. The molecule has 0 aliphatic rings. The molecule has 0 bridgehead atoms. The van der Waals surface area contributed by atoms with Gasteiger partial charge in [0.2, 0.25) is 0 Å². The Kier molecular flexibility index (Phi) is 9.74. The fourth-order valence-corrected chi connectivity index (χ4v) is 5.51. The quantitative estimate of drug-likeness (QED) is 0.294. The second kappa shape index (κ2) is 13.0. The van der Waals surface area contributed by atoms with Crippen molar-refractivity contribution >= 4 is 22.8 Å². The molecule has 1 unspecified atom stereocenters. The van der Waals surface area contributed by atoms with Crippen molar-refractivity contribution < 1.29 is 19.1 Å². The lowest BCUT2D eigenvalue weighted by molar-refractivity contribution is -0.151. The fraction of sp³-hybridized carbons (Fsp3) is 0.286. The number of hydrogen-bond donors (Lipinski definition) is 0. The number of esters is 2. The van der Waals surface area contributed by atoms with Crippen LogP contribution in [0.3, 0.4) is 0 Å². The van der Waals surface area contributed by atoms with Crippen LogP contribution in [0, 0.1) is 0 Å². The number of nitrogens with zero attached hydrogens (tertiary/aromatic N) is 1. The fourth-order valence-electron chi connectivity index (χ4n) is 3.43. The van der Waals surface area contributed by atoms with Gasteiger partial charge in [-0.1, -0.05) is 48.5 Å². The van der Waals surface area contributed by atoms with Gasteiger partial charge < -0.3 is 9.47 Å². The molecule has 34 heavy (non-hydrogen) atoms. The summed E-state index contributed by atoms with van der Waals surface area (Å²) in [4.78, 5) is 29.4. The summed E-state index contributed by atoms with van der Waals surface area (Å²) in [5.41, 5.74) is 1.11. The number of carbonyl (C=O) groups is 2. The largest absolute Gasteiger partial charge is 0.465 e. The highest BCUT2D eigenvalue weighted by atomic mass is 32.2. The van der Waals surface area contributed by atoms with E-state index in [1.165, 1.54) is 14.7 Å². The van der Waals surface area contributed by atoms with Gasteiger partial charge >= 0.3 is 11.9 Å². The third kappa shape index (κ3) is 7.20. The summed E-state index contributed by atoms with van der Waals surface area (Å²) in [6.07, 6.45) is 0.630. The minimum absolute atomic E-state index is 0.0519. The second-order valence-corrected chi connectivity index (χ2v) is 9.92. The van der Waals surface area contributed by atoms with Crippen LogP contribution in [-0.4, -0.2) is 49.7 Å². The summed E-state index contributed by atoms with van der Waals surface area (Å²) in [6, 6.07) is 29.1. The average molecular weight is 479 g/mol. The Morgan fingerprint density at radius 1 is 0.824 bits per heavy atom. The summed E-state index contributed by atoms with van der Waals surface area (Å²) in [5, 5.41) is 0. The van der Waals surface area contributed by atoms with Crippen molar-refractivity contribution in [2.75, 3.05) is 26.8 Å². The first-order chi connectivity index (χ1) is 16.5. The van der Waals surface area contributed by atoms with Crippen molar-refractivity contribution in [3.05, 3.63) is 90.5 Å². The smallest absolute Gasteiger partial charge is 0.323 e. The van der Waals surface area contributed by atoms with E-state index in [1.807, 2.05) is 12.1 Å². The number of likely N-dealkylation sites (N-methyl/N-ethyl adjacent to an activating group) is 1. The van der Waals surface area contributed by atoms with Crippen LogP contribution in [-0.2, 0) is 36.4 Å². The van der Waals surface area contributed by atoms with Crippen LogP contribution in [0.1, 0.15) is 19.4 Å². The molecule has 0 aromatic heterocycles. The normalized spacial score (nSPS) is 11.9. The molecular weight excluding hydrogens is 446 g/mol. The molecule has 0 saturated heterocycles. The number of carbonyl (C=O) groups excluding carboxylic acids is 2. The summed E-state index contributed by atoms with van der Waals surface area (Å²) in [5.74, 6) is -0.701. The second-order valence-electron chi connectivity index (χ2n) is 7.89. The molecule has 0 aliphatic carbocycles. The summed E-state index contributed by atoms with van der Waals surface area (Å²) in [6.45, 7) is 4.15. The van der Waals surface area contributed by atoms with E-state index in [0.717, 1.165) is 5.56 Å². The van der Waals surface area contributed by atoms with Gasteiger partial charge in [0.1, 0.15) is 6.04 Å². The van der Waals surface area contributed by atoms with Crippen molar-refractivity contribution in [1.82, 2.24) is 4.90 Å². The van der Waals surface area contributed by atoms with E-state index in [4.69, 9.17) is 9.47 Å². The number of rotatable bonds is 11. The molecule has 0 spiro atoms. The highest BCUT2D eigenvalue weighted by molar-refractivity contribution is 7.97. The molecular formula is C28H32NO4S+. The maximum absolute atomic E-state index is 12.4. The van der Waals surface area contributed by atoms with E-state index in [9.17, 15) is 9.59 Å². The minimum Gasteiger partial charge on any atom is -0.465 e. The van der Waals surface area contributed by atoms with Crippen molar-refractivity contribution in [1.29, 1.82) is 0 Å². The van der Waals surface area contributed by atoms with Gasteiger partial charge in [0.05, 0.1) is 30.7 Å². The molecule has 3 aromatic rings. The Morgan fingerprint density at radius 2 is 1.35 bits per heavy atom. The zero-order valence-electron chi connectivity index (χ0n) is 20.0. The van der Waals surface area contributed by atoms with Gasteiger partial charge in [0.15, 0.2) is 14.7 Å². The van der Waals surface area contributed by atoms with Crippen LogP contribution >= 0.6 is 0 Å². The Bertz CT molecular complexity index is 1000. The van der Waals surface area contributed by atoms with E-state index < -0.39 is 6.04 Å². The topological polar surface area (TPSA) is 55.8 Å². The number of ether oxygens (including phenoxy) is 2. The molecule has 0 radical (unpaired) electrons. The lowest BCUT2D eigenvalue weighted by Crippen LogP contribution is -2.40. The Morgan fingerprint density at radius 3 is 1.88 bits per heavy atom. The molecule has 0 fully saturated rings. The first-order valence-corrected chi connectivity index (χ1v) is 12.7. The third-order valence-corrected chi connectivity index (χ3v) is 7.67. The van der Waals surface area contributed by atoms with Crippen LogP contribution < -0.4 is 0 Å². The number of benzene rings is 3. The Hall–Kier alpha value is -3.09. The van der Waals surface area contributed by atoms with E-state index in [0.29, 0.717) is 19.6 Å². The van der Waals surface area contributed by atoms with Crippen LogP contribution in [0.4, 0.5) is 0 Å². The SMILES string of the molecule is CCOC(=O)CN(C)C(C)C(=O)OCCc1ccc([S+](c2ccccc2)c2ccccc2)cc1. The molecule has 0 N–H and O–H groups in total. The van der Waals surface area contributed by atoms with Crippen LogP contribution in [0.15, 0.2) is 99.6 Å². The van der Waals surface area contributed by atoms with Crippen LogP contribution in [0.5, 0.6) is 0 Å². The first kappa shape index (κ1) is 25.5. The Balaban J connectivity index is 1.59. The van der Waals surface area contributed by atoms with E-state index >= 15 is 0 Å². The zero-order valence-corrected chi connectivity index (χ0v) is 20.8. The summed E-state index contributed by atoms with van der Waals surface area (Å²) in [7, 11) is 1.52. The van der Waals surface area contributed by atoms with E-state index in [2.05, 4.69) is 72.8 Å². The lowest BCUT2D eigenvalue weighted by atomic mass is 10.2. The average Bonchev–Trinajstić information content (AvgIpc) is 2.86. The zero-order chi connectivity index (χ0) is 24.3. The van der Waals surface area contributed by atoms with Gasteiger partial charge in [-0.05, 0) is 62.9 Å². The molecule has 0 amide bonds. The molecule has 0 aliphatic heterocycles. The summed E-state index contributed by atoms with van der Waals surface area (Å²) < 4.78 is 10.4. The molecule has 3 rings (SSSR count). The van der Waals surface area contributed by atoms with Gasteiger partial charge in [-0.25, -0.2) is 0 Å². The van der Waals surface area contributed by atoms with Crippen LogP contribution in [0.2, 0.25) is 0 Å². The molecule has 0 saturated carbocycles. The minimum atomic E-state index is -0.523. The standard InChI is InChI=1S/C28H32NO4S/c1-4-32-27(30)21-29(3)22(2)28(31)33-20-19-23-15-17-26(18-16-23)34(24-11-7-5-8-12-24)25-13-9-6-10-14-25/h5-18,22H,4,19-21H2,1-3H3/q+1.